The van der Waals surface area contributed by atoms with E-state index in [1.165, 1.54) is 6.08 Å². The Balaban J connectivity index is 1.44. The van der Waals surface area contributed by atoms with Crippen LogP contribution in [-0.4, -0.2) is 49.9 Å². The molecule has 32 heavy (non-hydrogen) atoms. The van der Waals surface area contributed by atoms with E-state index in [-0.39, 0.29) is 12.0 Å². The Morgan fingerprint density at radius 2 is 2.09 bits per heavy atom. The third-order valence-corrected chi connectivity index (χ3v) is 5.85. The molecule has 0 spiro atoms. The molecular weight excluding hydrogens is 426 g/mol. The van der Waals surface area contributed by atoms with E-state index in [1.54, 1.807) is 31.4 Å². The fraction of sp³-hybridized carbons (Fsp3) is 0.360. The van der Waals surface area contributed by atoms with Crippen LogP contribution in [0, 0.1) is 18.3 Å². The molecule has 1 atom stereocenters. The van der Waals surface area contributed by atoms with Crippen LogP contribution in [0.2, 0.25) is 5.02 Å². The van der Waals surface area contributed by atoms with E-state index >= 15 is 0 Å². The van der Waals surface area contributed by atoms with Crippen molar-refractivity contribution >= 4 is 23.6 Å². The molecule has 0 radical (unpaired) electrons. The fourth-order valence-electron chi connectivity index (χ4n) is 3.60. The smallest absolute Gasteiger partial charge is 0.246 e. The topological polar surface area (TPSA) is 74.6 Å². The van der Waals surface area contributed by atoms with Crippen LogP contribution in [0.4, 0.5) is 0 Å². The second-order valence-corrected chi connectivity index (χ2v) is 8.24. The number of methoxy groups -OCH3 is 1. The van der Waals surface area contributed by atoms with Gasteiger partial charge in [-0.2, -0.15) is 5.26 Å². The predicted molar refractivity (Wildman–Crippen MR) is 125 cm³/mol. The van der Waals surface area contributed by atoms with Crippen molar-refractivity contribution in [3.8, 4) is 11.8 Å². The largest absolute Gasteiger partial charge is 0.490 e. The number of amides is 1. The first-order valence-corrected chi connectivity index (χ1v) is 11.0. The lowest BCUT2D eigenvalue weighted by Gasteiger charge is -2.34. The standard InChI is InChI=1S/C25H28ClN3O3/c1-18-14-22(7-8-23(18)26)32-21-10-12-29(13-11-21)17-25(31-2)28-24(30)9-6-19-4-3-5-20(15-19)16-27/h3-9,14-15,21,25H,10-13,17H2,1-2H3,(H,28,30)/b9-6+. The summed E-state index contributed by atoms with van der Waals surface area (Å²) >= 11 is 6.08. The summed E-state index contributed by atoms with van der Waals surface area (Å²) in [6.45, 7) is 4.30. The Hall–Kier alpha value is -2.85. The number of nitrogens with zero attached hydrogens (tertiary/aromatic N) is 2. The SMILES string of the molecule is COC(CN1CCC(Oc2ccc(Cl)c(C)c2)CC1)NC(=O)/C=C/c1cccc(C#N)c1. The van der Waals surface area contributed by atoms with Gasteiger partial charge in [0, 0.05) is 37.8 Å². The number of likely N-dealkylation sites (tertiary alicyclic amines) is 1. The zero-order valence-corrected chi connectivity index (χ0v) is 19.1. The van der Waals surface area contributed by atoms with E-state index in [2.05, 4.69) is 16.3 Å². The maximum atomic E-state index is 12.3. The van der Waals surface area contributed by atoms with Crippen molar-refractivity contribution in [2.45, 2.75) is 32.1 Å². The summed E-state index contributed by atoms with van der Waals surface area (Å²) in [6, 6.07) is 14.9. The molecule has 2 aromatic rings. The molecule has 0 aromatic heterocycles. The van der Waals surface area contributed by atoms with Gasteiger partial charge in [0.25, 0.3) is 0 Å². The summed E-state index contributed by atoms with van der Waals surface area (Å²) in [6.07, 6.45) is 4.70. The first kappa shape index (κ1) is 23.8. The monoisotopic (exact) mass is 453 g/mol. The number of nitriles is 1. The molecule has 7 heteroatoms. The van der Waals surface area contributed by atoms with E-state index < -0.39 is 6.23 Å². The van der Waals surface area contributed by atoms with Gasteiger partial charge >= 0.3 is 0 Å². The minimum Gasteiger partial charge on any atom is -0.490 e. The highest BCUT2D eigenvalue weighted by Crippen LogP contribution is 2.24. The Morgan fingerprint density at radius 3 is 2.78 bits per heavy atom. The third kappa shape index (κ3) is 7.10. The van der Waals surface area contributed by atoms with Gasteiger partial charge in [0.05, 0.1) is 11.6 Å². The summed E-state index contributed by atoms with van der Waals surface area (Å²) in [5.74, 6) is 0.606. The van der Waals surface area contributed by atoms with Crippen molar-refractivity contribution in [1.82, 2.24) is 10.2 Å². The minimum absolute atomic E-state index is 0.162. The molecular formula is C25H28ClN3O3. The molecule has 6 nitrogen and oxygen atoms in total. The van der Waals surface area contributed by atoms with E-state index in [9.17, 15) is 4.79 Å². The summed E-state index contributed by atoms with van der Waals surface area (Å²) in [7, 11) is 1.59. The van der Waals surface area contributed by atoms with Crippen LogP contribution in [0.15, 0.2) is 48.5 Å². The summed E-state index contributed by atoms with van der Waals surface area (Å²) in [5, 5.41) is 12.6. The molecule has 0 aliphatic carbocycles. The third-order valence-electron chi connectivity index (χ3n) is 5.42. The van der Waals surface area contributed by atoms with E-state index in [1.807, 2.05) is 31.2 Å². The molecule has 1 amide bonds. The quantitative estimate of drug-likeness (QED) is 0.479. The van der Waals surface area contributed by atoms with Crippen LogP contribution in [0.1, 0.15) is 29.5 Å². The molecule has 1 fully saturated rings. The second kappa shape index (κ2) is 11.7. The molecule has 1 N–H and O–H groups in total. The highest BCUT2D eigenvalue weighted by Gasteiger charge is 2.23. The van der Waals surface area contributed by atoms with Gasteiger partial charge in [-0.3, -0.25) is 9.69 Å². The van der Waals surface area contributed by atoms with E-state index in [0.717, 1.165) is 47.8 Å². The molecule has 2 aromatic carbocycles. The molecule has 1 heterocycles. The van der Waals surface area contributed by atoms with Gasteiger partial charge in [0.2, 0.25) is 5.91 Å². The zero-order chi connectivity index (χ0) is 22.9. The Kier molecular flexibility index (Phi) is 8.69. The van der Waals surface area contributed by atoms with Gasteiger partial charge in [0.1, 0.15) is 18.1 Å². The fourth-order valence-corrected chi connectivity index (χ4v) is 3.71. The Morgan fingerprint density at radius 1 is 1.31 bits per heavy atom. The Bertz CT molecular complexity index is 994. The van der Waals surface area contributed by atoms with Gasteiger partial charge in [0.15, 0.2) is 0 Å². The molecule has 1 saturated heterocycles. The lowest BCUT2D eigenvalue weighted by Crippen LogP contribution is -2.48. The summed E-state index contributed by atoms with van der Waals surface area (Å²) in [5.41, 5.74) is 2.36. The average molecular weight is 454 g/mol. The van der Waals surface area contributed by atoms with Gasteiger partial charge in [-0.1, -0.05) is 23.7 Å². The van der Waals surface area contributed by atoms with Crippen molar-refractivity contribution in [3.63, 3.8) is 0 Å². The van der Waals surface area contributed by atoms with E-state index in [4.69, 9.17) is 26.3 Å². The molecule has 0 bridgehead atoms. The number of hydrogen-bond acceptors (Lipinski definition) is 5. The normalized spacial score (nSPS) is 15.9. The van der Waals surface area contributed by atoms with Gasteiger partial charge in [-0.25, -0.2) is 0 Å². The number of carbonyl (C=O) groups is 1. The first-order valence-electron chi connectivity index (χ1n) is 10.6. The van der Waals surface area contributed by atoms with Crippen LogP contribution in [0.5, 0.6) is 5.75 Å². The molecule has 1 aliphatic heterocycles. The zero-order valence-electron chi connectivity index (χ0n) is 18.4. The maximum absolute atomic E-state index is 12.3. The number of aryl methyl sites for hydroxylation is 1. The van der Waals surface area contributed by atoms with Crippen LogP contribution in [-0.2, 0) is 9.53 Å². The molecule has 168 valence electrons. The lowest BCUT2D eigenvalue weighted by molar-refractivity contribution is -0.120. The number of halogens is 1. The maximum Gasteiger partial charge on any atom is 0.246 e. The van der Waals surface area contributed by atoms with Crippen molar-refractivity contribution in [1.29, 1.82) is 5.26 Å². The van der Waals surface area contributed by atoms with Crippen LogP contribution >= 0.6 is 11.6 Å². The highest BCUT2D eigenvalue weighted by molar-refractivity contribution is 6.31. The second-order valence-electron chi connectivity index (χ2n) is 7.83. The minimum atomic E-state index is -0.408. The number of rotatable bonds is 8. The summed E-state index contributed by atoms with van der Waals surface area (Å²) in [4.78, 5) is 14.6. The number of benzene rings is 2. The van der Waals surface area contributed by atoms with Gasteiger partial charge in [-0.15, -0.1) is 0 Å². The van der Waals surface area contributed by atoms with Crippen molar-refractivity contribution in [2.24, 2.45) is 0 Å². The lowest BCUT2D eigenvalue weighted by atomic mass is 10.1. The molecule has 3 rings (SSSR count). The van der Waals surface area contributed by atoms with E-state index in [0.29, 0.717) is 12.1 Å². The van der Waals surface area contributed by atoms with Crippen LogP contribution < -0.4 is 10.1 Å². The predicted octanol–water partition coefficient (Wildman–Crippen LogP) is 4.17. The first-order chi connectivity index (χ1) is 15.5. The van der Waals surface area contributed by atoms with Gasteiger partial charge in [-0.05, 0) is 67.3 Å². The van der Waals surface area contributed by atoms with Crippen molar-refractivity contribution in [3.05, 3.63) is 70.3 Å². The number of carbonyl (C=O) groups excluding carboxylic acids is 1. The molecule has 1 aliphatic rings. The highest BCUT2D eigenvalue weighted by atomic mass is 35.5. The molecule has 0 saturated carbocycles. The number of nitrogens with one attached hydrogen (secondary N) is 1. The number of piperidine rings is 1. The molecule has 1 unspecified atom stereocenters. The van der Waals surface area contributed by atoms with Crippen LogP contribution in [0.25, 0.3) is 6.08 Å². The number of ether oxygens (including phenoxy) is 2. The summed E-state index contributed by atoms with van der Waals surface area (Å²) < 4.78 is 11.6. The van der Waals surface area contributed by atoms with Gasteiger partial charge < -0.3 is 14.8 Å². The number of hydrogen-bond donors (Lipinski definition) is 1. The van der Waals surface area contributed by atoms with Crippen molar-refractivity contribution in [2.75, 3.05) is 26.7 Å². The Labute approximate surface area is 194 Å². The average Bonchev–Trinajstić information content (AvgIpc) is 2.81. The van der Waals surface area contributed by atoms with Crippen molar-refractivity contribution < 1.29 is 14.3 Å². The van der Waals surface area contributed by atoms with Crippen LogP contribution in [0.3, 0.4) is 0 Å².